The van der Waals surface area contributed by atoms with Crippen LogP contribution in [0.3, 0.4) is 0 Å². The van der Waals surface area contributed by atoms with Gasteiger partial charge in [-0.25, -0.2) is 4.39 Å². The largest absolute Gasteiger partial charge is 0.341 e. The maximum Gasteiger partial charge on any atom is 0.242 e. The second kappa shape index (κ2) is 6.10. The quantitative estimate of drug-likeness (QED) is 0.870. The van der Waals surface area contributed by atoms with E-state index < -0.39 is 0 Å². The Morgan fingerprint density at radius 1 is 1.33 bits per heavy atom. The van der Waals surface area contributed by atoms with Crippen LogP contribution in [0, 0.1) is 5.82 Å². The Morgan fingerprint density at radius 2 is 2.10 bits per heavy atom. The van der Waals surface area contributed by atoms with E-state index in [4.69, 9.17) is 0 Å². The predicted molar refractivity (Wildman–Crippen MR) is 85.0 cm³/mol. The highest BCUT2D eigenvalue weighted by Gasteiger charge is 2.22. The molecule has 0 saturated carbocycles. The van der Waals surface area contributed by atoms with E-state index >= 15 is 0 Å². The van der Waals surface area contributed by atoms with Crippen LogP contribution >= 0.6 is 11.8 Å². The number of aromatic nitrogens is 1. The van der Waals surface area contributed by atoms with E-state index in [1.165, 1.54) is 12.1 Å². The molecule has 2 heterocycles. The van der Waals surface area contributed by atoms with Crippen molar-refractivity contribution < 1.29 is 9.18 Å². The Morgan fingerprint density at radius 3 is 2.81 bits per heavy atom. The summed E-state index contributed by atoms with van der Waals surface area (Å²) in [6, 6.07) is 6.60. The molecule has 1 fully saturated rings. The van der Waals surface area contributed by atoms with E-state index in [9.17, 15) is 9.18 Å². The average Bonchev–Trinajstić information content (AvgIpc) is 2.89. The monoisotopic (exact) mass is 306 g/mol. The van der Waals surface area contributed by atoms with Crippen molar-refractivity contribution in [2.45, 2.75) is 24.6 Å². The number of likely N-dealkylation sites (tertiary alicyclic amines) is 1. The average molecular weight is 306 g/mol. The van der Waals surface area contributed by atoms with Gasteiger partial charge in [0.05, 0.1) is 5.52 Å². The van der Waals surface area contributed by atoms with Gasteiger partial charge < -0.3 is 9.47 Å². The zero-order chi connectivity index (χ0) is 14.8. The number of nitrogens with zero attached hydrogens (tertiary/aromatic N) is 2. The van der Waals surface area contributed by atoms with E-state index in [-0.39, 0.29) is 18.3 Å². The third-order valence-electron chi connectivity index (χ3n) is 4.17. The highest BCUT2D eigenvalue weighted by molar-refractivity contribution is 7.99. The second-order valence-electron chi connectivity index (χ2n) is 5.46. The minimum absolute atomic E-state index is 0.122. The normalized spacial score (nSPS) is 16.6. The first-order valence-electron chi connectivity index (χ1n) is 7.22. The van der Waals surface area contributed by atoms with Gasteiger partial charge in [-0.3, -0.25) is 4.79 Å². The van der Waals surface area contributed by atoms with Crippen LogP contribution in [0.2, 0.25) is 0 Å². The lowest BCUT2D eigenvalue weighted by Crippen LogP contribution is -2.40. The summed E-state index contributed by atoms with van der Waals surface area (Å²) in [7, 11) is 0. The fraction of sp³-hybridized carbons (Fsp3) is 0.438. The number of benzene rings is 1. The zero-order valence-corrected chi connectivity index (χ0v) is 12.9. The topological polar surface area (TPSA) is 25.2 Å². The minimum Gasteiger partial charge on any atom is -0.341 e. The number of piperidine rings is 1. The molecule has 0 unspecified atom stereocenters. The molecule has 1 aliphatic heterocycles. The van der Waals surface area contributed by atoms with Gasteiger partial charge in [-0.05, 0) is 48.7 Å². The number of halogens is 1. The first-order valence-corrected chi connectivity index (χ1v) is 8.51. The van der Waals surface area contributed by atoms with Crippen LogP contribution in [0.5, 0.6) is 0 Å². The highest BCUT2D eigenvalue weighted by Crippen LogP contribution is 2.22. The van der Waals surface area contributed by atoms with Crippen LogP contribution in [0.4, 0.5) is 4.39 Å². The van der Waals surface area contributed by atoms with Gasteiger partial charge in [0.2, 0.25) is 5.91 Å². The van der Waals surface area contributed by atoms with Gasteiger partial charge in [-0.15, -0.1) is 0 Å². The number of carbonyl (C=O) groups is 1. The van der Waals surface area contributed by atoms with E-state index in [0.717, 1.165) is 36.8 Å². The zero-order valence-electron chi connectivity index (χ0n) is 12.1. The van der Waals surface area contributed by atoms with Crippen molar-refractivity contribution >= 4 is 28.6 Å². The van der Waals surface area contributed by atoms with Gasteiger partial charge >= 0.3 is 0 Å². The number of hydrogen-bond donors (Lipinski definition) is 0. The number of amides is 1. The molecule has 0 aliphatic carbocycles. The summed E-state index contributed by atoms with van der Waals surface area (Å²) in [6.07, 6.45) is 6.11. The first-order chi connectivity index (χ1) is 10.2. The molecule has 1 amide bonds. The Hall–Kier alpha value is -1.49. The third kappa shape index (κ3) is 3.07. The van der Waals surface area contributed by atoms with E-state index in [1.807, 2.05) is 33.5 Å². The number of thioether (sulfide) groups is 1. The number of hydrogen-bond acceptors (Lipinski definition) is 2. The van der Waals surface area contributed by atoms with Gasteiger partial charge in [-0.2, -0.15) is 11.8 Å². The van der Waals surface area contributed by atoms with E-state index in [2.05, 4.69) is 6.26 Å². The summed E-state index contributed by atoms with van der Waals surface area (Å²) in [5.41, 5.74) is 0.780. The van der Waals surface area contributed by atoms with Crippen molar-refractivity contribution in [1.29, 1.82) is 0 Å². The summed E-state index contributed by atoms with van der Waals surface area (Å²) >= 11 is 1.88. The van der Waals surface area contributed by atoms with Gasteiger partial charge in [0.15, 0.2) is 0 Å². The molecule has 0 radical (unpaired) electrons. The fourth-order valence-electron chi connectivity index (χ4n) is 2.88. The molecule has 2 aromatic rings. The molecule has 112 valence electrons. The van der Waals surface area contributed by atoms with Crippen LogP contribution in [-0.2, 0) is 11.3 Å². The van der Waals surface area contributed by atoms with Gasteiger partial charge in [0.1, 0.15) is 12.4 Å². The molecular formula is C16H19FN2OS. The van der Waals surface area contributed by atoms with Gasteiger partial charge in [-0.1, -0.05) is 0 Å². The molecule has 21 heavy (non-hydrogen) atoms. The molecule has 5 heteroatoms. The molecule has 0 atom stereocenters. The molecule has 1 aromatic heterocycles. The molecule has 3 nitrogen and oxygen atoms in total. The van der Waals surface area contributed by atoms with Gasteiger partial charge in [0, 0.05) is 24.5 Å². The van der Waals surface area contributed by atoms with Crippen LogP contribution in [-0.4, -0.2) is 40.0 Å². The summed E-state index contributed by atoms with van der Waals surface area (Å²) < 4.78 is 15.2. The molecule has 0 spiro atoms. The Bertz CT molecular complexity index is 647. The molecule has 1 saturated heterocycles. The lowest BCUT2D eigenvalue weighted by Gasteiger charge is -2.31. The second-order valence-corrected chi connectivity index (χ2v) is 6.60. The van der Waals surface area contributed by atoms with Crippen molar-refractivity contribution in [2.75, 3.05) is 19.3 Å². The molecule has 0 N–H and O–H groups in total. The lowest BCUT2D eigenvalue weighted by atomic mass is 10.1. The molecule has 1 aromatic carbocycles. The van der Waals surface area contributed by atoms with Crippen LogP contribution < -0.4 is 0 Å². The van der Waals surface area contributed by atoms with Crippen molar-refractivity contribution in [2.24, 2.45) is 0 Å². The highest BCUT2D eigenvalue weighted by atomic mass is 32.2. The lowest BCUT2D eigenvalue weighted by molar-refractivity contribution is -0.132. The van der Waals surface area contributed by atoms with Crippen molar-refractivity contribution in [3.05, 3.63) is 36.3 Å². The number of rotatable bonds is 3. The summed E-state index contributed by atoms with van der Waals surface area (Å²) in [5.74, 6) is -0.146. The Balaban J connectivity index is 1.70. The molecule has 3 rings (SSSR count). The smallest absolute Gasteiger partial charge is 0.242 e. The first kappa shape index (κ1) is 14.4. The standard InChI is InChI=1S/C16H19FN2OS/c1-21-14-5-8-18(9-6-14)16(20)11-19-7-4-12-2-3-13(17)10-15(12)19/h2-4,7,10,14H,5-6,8-9,11H2,1H3. The van der Waals surface area contributed by atoms with Crippen LogP contribution in [0.15, 0.2) is 30.5 Å². The summed E-state index contributed by atoms with van der Waals surface area (Å²) in [6.45, 7) is 1.95. The van der Waals surface area contributed by atoms with Crippen molar-refractivity contribution in [3.8, 4) is 0 Å². The van der Waals surface area contributed by atoms with Crippen molar-refractivity contribution in [1.82, 2.24) is 9.47 Å². The van der Waals surface area contributed by atoms with E-state index in [1.54, 1.807) is 6.07 Å². The third-order valence-corrected chi connectivity index (χ3v) is 5.31. The fourth-order valence-corrected chi connectivity index (χ4v) is 3.56. The Kier molecular flexibility index (Phi) is 4.19. The minimum atomic E-state index is -0.268. The Labute approximate surface area is 128 Å². The maximum absolute atomic E-state index is 13.4. The van der Waals surface area contributed by atoms with Crippen molar-refractivity contribution in [3.63, 3.8) is 0 Å². The van der Waals surface area contributed by atoms with Gasteiger partial charge in [0.25, 0.3) is 0 Å². The summed E-state index contributed by atoms with van der Waals surface area (Å²) in [5, 5.41) is 1.64. The van der Waals surface area contributed by atoms with E-state index in [0.29, 0.717) is 5.25 Å². The number of carbonyl (C=O) groups excluding carboxylic acids is 1. The molecule has 0 bridgehead atoms. The van der Waals surface area contributed by atoms with Crippen LogP contribution in [0.1, 0.15) is 12.8 Å². The predicted octanol–water partition coefficient (Wildman–Crippen LogP) is 3.13. The molecular weight excluding hydrogens is 287 g/mol. The maximum atomic E-state index is 13.4. The SMILES string of the molecule is CSC1CCN(C(=O)Cn2ccc3ccc(F)cc32)CC1. The molecule has 1 aliphatic rings. The van der Waals surface area contributed by atoms with Crippen LogP contribution in [0.25, 0.3) is 10.9 Å². The summed E-state index contributed by atoms with van der Waals surface area (Å²) in [4.78, 5) is 14.3. The number of fused-ring (bicyclic) bond motifs is 1.